The molecule has 4 nitrogen and oxygen atoms in total. The van der Waals surface area contributed by atoms with Crippen molar-refractivity contribution in [1.82, 2.24) is 0 Å². The Morgan fingerprint density at radius 1 is 0.917 bits per heavy atom. The topological polar surface area (TPSA) is 46.5 Å². The molecule has 0 spiro atoms. The maximum absolute atomic E-state index is 11.6. The molecule has 0 aromatic heterocycles. The first-order valence-corrected chi connectivity index (χ1v) is 9.49. The average molecular weight is 366 g/mol. The lowest BCUT2D eigenvalue weighted by Gasteiger charge is -2.26. The summed E-state index contributed by atoms with van der Waals surface area (Å²) < 4.78 is 5.84. The van der Waals surface area contributed by atoms with E-state index in [1.807, 2.05) is 21.1 Å². The lowest BCUT2D eigenvalue weighted by atomic mass is 10.1. The van der Waals surface area contributed by atoms with Crippen LogP contribution < -0.4 is 12.4 Å². The van der Waals surface area contributed by atoms with Crippen molar-refractivity contribution in [3.63, 3.8) is 0 Å². The number of hydrogen-bond acceptors (Lipinski definition) is 3. The number of halogens is 1. The number of carbonyl (C=O) groups excluding carboxylic acids is 1. The largest absolute Gasteiger partial charge is 1.00 e. The van der Waals surface area contributed by atoms with Gasteiger partial charge in [-0.3, -0.25) is 4.79 Å². The first kappa shape index (κ1) is 25.9. The Morgan fingerprint density at radius 2 is 1.38 bits per heavy atom. The molecule has 0 heterocycles. The van der Waals surface area contributed by atoms with E-state index >= 15 is 0 Å². The number of aliphatic hydroxyl groups is 1. The number of aliphatic hydroxyl groups excluding tert-OH is 1. The molecule has 0 aliphatic carbocycles. The van der Waals surface area contributed by atoms with E-state index < -0.39 is 6.10 Å². The van der Waals surface area contributed by atoms with Crippen molar-refractivity contribution < 1.29 is 31.5 Å². The number of esters is 1. The smallest absolute Gasteiger partial charge is 0.308 e. The van der Waals surface area contributed by atoms with E-state index in [2.05, 4.69) is 6.92 Å². The van der Waals surface area contributed by atoms with Gasteiger partial charge in [0.05, 0.1) is 34.2 Å². The Morgan fingerprint density at radius 3 is 1.83 bits per heavy atom. The second-order valence-electron chi connectivity index (χ2n) is 7.73. The van der Waals surface area contributed by atoms with Crippen LogP contribution in [0.25, 0.3) is 0 Å². The summed E-state index contributed by atoms with van der Waals surface area (Å²) in [6.45, 7) is 3.30. The van der Waals surface area contributed by atoms with E-state index in [0.717, 1.165) is 12.8 Å². The molecule has 0 aromatic carbocycles. The van der Waals surface area contributed by atoms with Crippen LogP contribution in [0.3, 0.4) is 0 Å². The van der Waals surface area contributed by atoms with Crippen molar-refractivity contribution >= 4 is 5.97 Å². The van der Waals surface area contributed by atoms with Gasteiger partial charge in [0.1, 0.15) is 12.6 Å². The van der Waals surface area contributed by atoms with Gasteiger partial charge in [0.25, 0.3) is 0 Å². The molecule has 146 valence electrons. The minimum absolute atomic E-state index is 0. The summed E-state index contributed by atoms with van der Waals surface area (Å²) in [5.74, 6) is -0.276. The first-order chi connectivity index (χ1) is 10.8. The highest BCUT2D eigenvalue weighted by molar-refractivity contribution is 5.69. The van der Waals surface area contributed by atoms with Gasteiger partial charge in [-0.2, -0.15) is 0 Å². The zero-order valence-electron chi connectivity index (χ0n) is 16.4. The molecule has 1 N–H and O–H groups in total. The molecule has 5 heteroatoms. The molecule has 0 fully saturated rings. The summed E-state index contributed by atoms with van der Waals surface area (Å²) in [6.07, 6.45) is 12.2. The van der Waals surface area contributed by atoms with Gasteiger partial charge in [0, 0.05) is 0 Å². The fraction of sp³-hybridized carbons (Fsp3) is 0.947. The lowest BCUT2D eigenvalue weighted by molar-refractivity contribution is -0.873. The van der Waals surface area contributed by atoms with Crippen molar-refractivity contribution in [3.05, 3.63) is 0 Å². The molecule has 0 aromatic rings. The number of ether oxygens (including phenoxy) is 1. The third-order valence-electron chi connectivity index (χ3n) is 3.92. The van der Waals surface area contributed by atoms with Crippen LogP contribution in [0.1, 0.15) is 77.6 Å². The monoisotopic (exact) mass is 365 g/mol. The molecular formula is C19H40ClNO3. The molecule has 1 unspecified atom stereocenters. The Labute approximate surface area is 156 Å². The Bertz CT molecular complexity index is 293. The molecular weight excluding hydrogens is 326 g/mol. The van der Waals surface area contributed by atoms with Gasteiger partial charge in [-0.15, -0.1) is 0 Å². The van der Waals surface area contributed by atoms with Crippen LogP contribution in [0.2, 0.25) is 0 Å². The molecule has 0 saturated heterocycles. The molecule has 0 rings (SSSR count). The van der Waals surface area contributed by atoms with Crippen molar-refractivity contribution in [1.29, 1.82) is 0 Å². The van der Waals surface area contributed by atoms with Crippen molar-refractivity contribution in [2.24, 2.45) is 0 Å². The summed E-state index contributed by atoms with van der Waals surface area (Å²) in [5.41, 5.74) is 0. The third-order valence-corrected chi connectivity index (χ3v) is 3.92. The summed E-state index contributed by atoms with van der Waals surface area (Å²) in [4.78, 5) is 11.6. The molecule has 24 heavy (non-hydrogen) atoms. The summed E-state index contributed by atoms with van der Waals surface area (Å²) >= 11 is 0. The number of nitrogens with zero attached hydrogens (tertiary/aromatic N) is 1. The van der Waals surface area contributed by atoms with Crippen molar-refractivity contribution in [3.8, 4) is 0 Å². The van der Waals surface area contributed by atoms with E-state index in [1.54, 1.807) is 0 Å². The van der Waals surface area contributed by atoms with Crippen molar-refractivity contribution in [2.75, 3.05) is 34.3 Å². The molecule has 0 radical (unpaired) electrons. The fourth-order valence-corrected chi connectivity index (χ4v) is 2.72. The molecule has 0 amide bonds. The maximum atomic E-state index is 11.6. The van der Waals surface area contributed by atoms with E-state index in [1.165, 1.54) is 51.4 Å². The number of unbranched alkanes of at least 4 members (excludes halogenated alkanes) is 9. The Balaban J connectivity index is 0. The molecule has 0 aliphatic heterocycles. The van der Waals surface area contributed by atoms with E-state index in [9.17, 15) is 9.90 Å². The highest BCUT2D eigenvalue weighted by atomic mass is 35.5. The number of likely N-dealkylation sites (N-methyl/N-ethyl adjacent to an activating group) is 1. The highest BCUT2D eigenvalue weighted by Gasteiger charge is 2.19. The average Bonchev–Trinajstić information content (AvgIpc) is 2.42. The number of rotatable bonds is 15. The maximum Gasteiger partial charge on any atom is 0.308 e. The van der Waals surface area contributed by atoms with Gasteiger partial charge < -0.3 is 26.7 Å². The predicted octanol–water partition coefficient (Wildman–Crippen LogP) is 0.912. The van der Waals surface area contributed by atoms with E-state index in [-0.39, 0.29) is 24.8 Å². The van der Waals surface area contributed by atoms with E-state index in [0.29, 0.717) is 17.6 Å². The quantitative estimate of drug-likeness (QED) is 0.266. The first-order valence-electron chi connectivity index (χ1n) is 9.49. The van der Waals surface area contributed by atoms with E-state index in [4.69, 9.17) is 4.74 Å². The van der Waals surface area contributed by atoms with Crippen LogP contribution >= 0.6 is 0 Å². The van der Waals surface area contributed by atoms with Crippen LogP contribution in [0.15, 0.2) is 0 Å². The summed E-state index contributed by atoms with van der Waals surface area (Å²) in [5, 5.41) is 9.82. The number of quaternary nitrogens is 1. The van der Waals surface area contributed by atoms with Gasteiger partial charge in [-0.05, 0) is 6.42 Å². The molecule has 0 saturated carbocycles. The zero-order valence-corrected chi connectivity index (χ0v) is 17.1. The fourth-order valence-electron chi connectivity index (χ4n) is 2.72. The SMILES string of the molecule is CCCCCCCCCCCCOC(=O)CC(O)C[N+](C)(C)C.[Cl-]. The zero-order chi connectivity index (χ0) is 17.6. The molecule has 0 aliphatic rings. The Kier molecular flexibility index (Phi) is 17.5. The predicted molar refractivity (Wildman–Crippen MR) is 96.3 cm³/mol. The summed E-state index contributed by atoms with van der Waals surface area (Å²) in [7, 11) is 6.00. The highest BCUT2D eigenvalue weighted by Crippen LogP contribution is 2.10. The van der Waals surface area contributed by atoms with Gasteiger partial charge in [0.15, 0.2) is 0 Å². The third kappa shape index (κ3) is 19.7. The second-order valence-corrected chi connectivity index (χ2v) is 7.73. The minimum atomic E-state index is -0.616. The normalized spacial score (nSPS) is 12.5. The van der Waals surface area contributed by atoms with Gasteiger partial charge in [-0.25, -0.2) is 0 Å². The molecule has 0 bridgehead atoms. The van der Waals surface area contributed by atoms with Crippen LogP contribution in [-0.2, 0) is 9.53 Å². The van der Waals surface area contributed by atoms with Crippen LogP contribution in [-0.4, -0.2) is 56.0 Å². The van der Waals surface area contributed by atoms with Gasteiger partial charge in [-0.1, -0.05) is 64.7 Å². The van der Waals surface area contributed by atoms with Crippen molar-refractivity contribution in [2.45, 2.75) is 83.7 Å². The standard InChI is InChI=1S/C19H40NO3.ClH/c1-5-6-7-8-9-10-11-12-13-14-15-23-19(22)16-18(21)17-20(2,3)4;/h18,21H,5-17H2,1-4H3;1H/q+1;/p-1. The van der Waals surface area contributed by atoms with Gasteiger partial charge in [0.2, 0.25) is 0 Å². The lowest BCUT2D eigenvalue weighted by Crippen LogP contribution is -3.00. The summed E-state index contributed by atoms with van der Waals surface area (Å²) in [6, 6.07) is 0. The Hall–Kier alpha value is -0.320. The number of hydrogen-bond donors (Lipinski definition) is 1. The second kappa shape index (κ2) is 16.2. The minimum Gasteiger partial charge on any atom is -1.00 e. The van der Waals surface area contributed by atoms with Crippen LogP contribution in [0.4, 0.5) is 0 Å². The number of carbonyl (C=O) groups is 1. The molecule has 1 atom stereocenters. The van der Waals surface area contributed by atoms with Gasteiger partial charge >= 0.3 is 5.97 Å². The van der Waals surface area contributed by atoms with Crippen LogP contribution in [0, 0.1) is 0 Å². The van der Waals surface area contributed by atoms with Crippen LogP contribution in [0.5, 0.6) is 0 Å².